The van der Waals surface area contributed by atoms with Crippen LogP contribution in [0.1, 0.15) is 37.5 Å². The van der Waals surface area contributed by atoms with Crippen molar-refractivity contribution in [1.82, 2.24) is 5.32 Å². The molecule has 3 nitrogen and oxygen atoms in total. The van der Waals surface area contributed by atoms with Gasteiger partial charge in [0, 0.05) is 11.7 Å². The summed E-state index contributed by atoms with van der Waals surface area (Å²) >= 11 is 3.37. The van der Waals surface area contributed by atoms with E-state index in [0.29, 0.717) is 4.48 Å². The molecule has 1 aromatic carbocycles. The predicted molar refractivity (Wildman–Crippen MR) is 88.9 cm³/mol. The van der Waals surface area contributed by atoms with Crippen LogP contribution in [0.5, 0.6) is 5.75 Å². The second kappa shape index (κ2) is 6.44. The summed E-state index contributed by atoms with van der Waals surface area (Å²) < 4.78 is 6.28. The standard InChI is InChI=1S/C16H23BrN2O/c1-10-7-11(2)14(12(3)8-10)20-15(18)13(17)9-19-16(4,5)6/h7-9,18-19H,1-6H3/b13-9+,18-15?. The van der Waals surface area contributed by atoms with Gasteiger partial charge in [0.2, 0.25) is 5.90 Å². The van der Waals surface area contributed by atoms with Crippen molar-refractivity contribution >= 4 is 21.8 Å². The molecule has 0 fully saturated rings. The topological polar surface area (TPSA) is 45.1 Å². The molecule has 0 aliphatic heterocycles. The molecule has 0 spiro atoms. The first-order valence-electron chi connectivity index (χ1n) is 6.58. The maximum atomic E-state index is 8.01. The lowest BCUT2D eigenvalue weighted by molar-refractivity contribution is 0.489. The van der Waals surface area contributed by atoms with Crippen LogP contribution < -0.4 is 10.1 Å². The zero-order valence-electron chi connectivity index (χ0n) is 13.0. The van der Waals surface area contributed by atoms with Crippen LogP contribution in [0.4, 0.5) is 0 Å². The second-order valence-electron chi connectivity index (χ2n) is 6.05. The van der Waals surface area contributed by atoms with Gasteiger partial charge in [0.15, 0.2) is 0 Å². The van der Waals surface area contributed by atoms with Crippen molar-refractivity contribution in [2.24, 2.45) is 0 Å². The Kier molecular flexibility index (Phi) is 5.40. The van der Waals surface area contributed by atoms with Gasteiger partial charge in [-0.15, -0.1) is 0 Å². The molecule has 4 heteroatoms. The van der Waals surface area contributed by atoms with E-state index < -0.39 is 0 Å². The third-order valence-electron chi connectivity index (χ3n) is 2.66. The Labute approximate surface area is 130 Å². The lowest BCUT2D eigenvalue weighted by atomic mass is 10.1. The lowest BCUT2D eigenvalue weighted by Crippen LogP contribution is -2.31. The maximum Gasteiger partial charge on any atom is 0.227 e. The van der Waals surface area contributed by atoms with E-state index in [0.717, 1.165) is 16.9 Å². The molecule has 2 N–H and O–H groups in total. The van der Waals surface area contributed by atoms with Gasteiger partial charge in [-0.2, -0.15) is 0 Å². The first-order valence-corrected chi connectivity index (χ1v) is 7.37. The summed E-state index contributed by atoms with van der Waals surface area (Å²) in [6.07, 6.45) is 1.75. The van der Waals surface area contributed by atoms with Gasteiger partial charge in [-0.25, -0.2) is 0 Å². The zero-order chi connectivity index (χ0) is 15.5. The summed E-state index contributed by atoms with van der Waals surface area (Å²) in [6, 6.07) is 4.11. The van der Waals surface area contributed by atoms with E-state index in [9.17, 15) is 0 Å². The molecule has 0 atom stereocenters. The Hall–Kier alpha value is -1.29. The molecular weight excluding hydrogens is 316 g/mol. The number of ether oxygens (including phenoxy) is 1. The predicted octanol–water partition coefficient (Wildman–Crippen LogP) is 4.59. The quantitative estimate of drug-likeness (QED) is 0.625. The normalized spacial score (nSPS) is 12.2. The highest BCUT2D eigenvalue weighted by Gasteiger charge is 2.12. The summed E-state index contributed by atoms with van der Waals surface area (Å²) in [4.78, 5) is 0. The third-order valence-corrected chi connectivity index (χ3v) is 3.25. The highest BCUT2D eigenvalue weighted by molar-refractivity contribution is 9.12. The van der Waals surface area contributed by atoms with Gasteiger partial charge in [-0.3, -0.25) is 5.41 Å². The minimum atomic E-state index is -0.0466. The van der Waals surface area contributed by atoms with Gasteiger partial charge in [-0.1, -0.05) is 17.7 Å². The average Bonchev–Trinajstić information content (AvgIpc) is 2.29. The highest BCUT2D eigenvalue weighted by atomic mass is 79.9. The van der Waals surface area contributed by atoms with Crippen LogP contribution >= 0.6 is 15.9 Å². The molecule has 20 heavy (non-hydrogen) atoms. The monoisotopic (exact) mass is 338 g/mol. The van der Waals surface area contributed by atoms with E-state index in [4.69, 9.17) is 10.1 Å². The van der Waals surface area contributed by atoms with Crippen LogP contribution in [-0.2, 0) is 0 Å². The van der Waals surface area contributed by atoms with Crippen LogP contribution in [0.25, 0.3) is 0 Å². The summed E-state index contributed by atoms with van der Waals surface area (Å²) in [5, 5.41) is 11.2. The third kappa shape index (κ3) is 5.00. The molecule has 1 aromatic rings. The molecule has 0 amide bonds. The number of hydrogen-bond acceptors (Lipinski definition) is 3. The molecule has 0 aromatic heterocycles. The first-order chi connectivity index (χ1) is 9.10. The Morgan fingerprint density at radius 3 is 2.15 bits per heavy atom. The van der Waals surface area contributed by atoms with Crippen molar-refractivity contribution in [3.05, 3.63) is 39.5 Å². The summed E-state index contributed by atoms with van der Waals surface area (Å²) in [6.45, 7) is 12.2. The average molecular weight is 339 g/mol. The lowest BCUT2D eigenvalue weighted by Gasteiger charge is -2.19. The van der Waals surface area contributed by atoms with E-state index in [-0.39, 0.29) is 11.4 Å². The highest BCUT2D eigenvalue weighted by Crippen LogP contribution is 2.26. The molecule has 0 radical (unpaired) electrons. The molecular formula is C16H23BrN2O. The van der Waals surface area contributed by atoms with Gasteiger partial charge in [0.05, 0.1) is 4.48 Å². The molecule has 0 aliphatic rings. The largest absolute Gasteiger partial charge is 0.438 e. The number of nitrogens with one attached hydrogen (secondary N) is 2. The van der Waals surface area contributed by atoms with E-state index in [2.05, 4.69) is 61.1 Å². The van der Waals surface area contributed by atoms with Gasteiger partial charge < -0.3 is 10.1 Å². The van der Waals surface area contributed by atoms with Crippen molar-refractivity contribution in [2.75, 3.05) is 0 Å². The summed E-state index contributed by atoms with van der Waals surface area (Å²) in [5.74, 6) is 0.846. The van der Waals surface area contributed by atoms with Crippen molar-refractivity contribution in [3.8, 4) is 5.75 Å². The molecule has 0 aliphatic carbocycles. The van der Waals surface area contributed by atoms with E-state index in [1.165, 1.54) is 5.56 Å². The SMILES string of the molecule is Cc1cc(C)c(OC(=N)/C(Br)=C\NC(C)(C)C)c(C)c1. The Morgan fingerprint density at radius 2 is 1.70 bits per heavy atom. The van der Waals surface area contributed by atoms with Crippen molar-refractivity contribution in [1.29, 1.82) is 5.41 Å². The number of hydrogen-bond donors (Lipinski definition) is 2. The molecule has 1 rings (SSSR count). The fourth-order valence-corrected chi connectivity index (χ4v) is 2.02. The number of aryl methyl sites for hydroxylation is 3. The van der Waals surface area contributed by atoms with Crippen LogP contribution in [0.3, 0.4) is 0 Å². The number of benzene rings is 1. The van der Waals surface area contributed by atoms with Crippen molar-refractivity contribution in [2.45, 2.75) is 47.1 Å². The number of halogens is 1. The van der Waals surface area contributed by atoms with Crippen LogP contribution in [0.15, 0.2) is 22.8 Å². The van der Waals surface area contributed by atoms with Crippen molar-refractivity contribution in [3.63, 3.8) is 0 Å². The Balaban J connectivity index is 2.86. The molecule has 0 bridgehead atoms. The summed E-state index contributed by atoms with van der Waals surface area (Å²) in [7, 11) is 0. The minimum Gasteiger partial charge on any atom is -0.438 e. The molecule has 110 valence electrons. The number of rotatable bonds is 3. The van der Waals surface area contributed by atoms with Crippen molar-refractivity contribution < 1.29 is 4.74 Å². The maximum absolute atomic E-state index is 8.01. The van der Waals surface area contributed by atoms with Crippen LogP contribution in [0.2, 0.25) is 0 Å². The fraction of sp³-hybridized carbons (Fsp3) is 0.438. The van der Waals surface area contributed by atoms with Gasteiger partial charge in [0.1, 0.15) is 5.75 Å². The van der Waals surface area contributed by atoms with E-state index in [1.807, 2.05) is 13.8 Å². The molecule has 0 heterocycles. The molecule has 0 saturated heterocycles. The molecule has 0 unspecified atom stereocenters. The second-order valence-corrected chi connectivity index (χ2v) is 6.90. The van der Waals surface area contributed by atoms with Crippen LogP contribution in [-0.4, -0.2) is 11.4 Å². The summed E-state index contributed by atoms with van der Waals surface area (Å²) in [5.41, 5.74) is 3.23. The van der Waals surface area contributed by atoms with E-state index >= 15 is 0 Å². The molecule has 0 saturated carbocycles. The smallest absolute Gasteiger partial charge is 0.227 e. The fourth-order valence-electron chi connectivity index (χ4n) is 1.82. The first kappa shape index (κ1) is 16.8. The zero-order valence-corrected chi connectivity index (χ0v) is 14.6. The van der Waals surface area contributed by atoms with Crippen LogP contribution in [0, 0.1) is 26.2 Å². The Morgan fingerprint density at radius 1 is 1.20 bits per heavy atom. The van der Waals surface area contributed by atoms with E-state index in [1.54, 1.807) is 6.20 Å². The minimum absolute atomic E-state index is 0.0466. The Bertz CT molecular complexity index is 519. The van der Waals surface area contributed by atoms with Gasteiger partial charge in [-0.05, 0) is 68.6 Å². The van der Waals surface area contributed by atoms with Gasteiger partial charge >= 0.3 is 0 Å². The van der Waals surface area contributed by atoms with Gasteiger partial charge in [0.25, 0.3) is 0 Å².